The van der Waals surface area contributed by atoms with Crippen LogP contribution in [0.25, 0.3) is 6.08 Å². The fraction of sp³-hybridized carbons (Fsp3) is 0.154. The first-order valence-electron chi connectivity index (χ1n) is 5.28. The predicted octanol–water partition coefficient (Wildman–Crippen LogP) is 0.631. The second-order valence-electron chi connectivity index (χ2n) is 3.47. The minimum absolute atomic E-state index is 0.162. The molecule has 19 heavy (non-hydrogen) atoms. The van der Waals surface area contributed by atoms with Gasteiger partial charge in [0.05, 0.1) is 7.11 Å². The highest BCUT2D eigenvalue weighted by Gasteiger charge is 2.05. The third-order valence-electron chi connectivity index (χ3n) is 2.14. The average molecular weight is 260 g/mol. The van der Waals surface area contributed by atoms with Crippen LogP contribution in [0.15, 0.2) is 29.8 Å². The Morgan fingerprint density at radius 1 is 1.47 bits per heavy atom. The number of nitrogens with two attached hydrogens (primary N) is 1. The van der Waals surface area contributed by atoms with Crippen LogP contribution < -0.4 is 10.5 Å². The van der Waals surface area contributed by atoms with Gasteiger partial charge < -0.3 is 15.2 Å². The van der Waals surface area contributed by atoms with E-state index in [0.29, 0.717) is 11.3 Å². The maximum absolute atomic E-state index is 10.9. The summed E-state index contributed by atoms with van der Waals surface area (Å²) in [5, 5.41) is 8.72. The molecule has 6 nitrogen and oxygen atoms in total. The van der Waals surface area contributed by atoms with Gasteiger partial charge in [-0.1, -0.05) is 12.1 Å². The Kier molecular flexibility index (Phi) is 5.11. The lowest BCUT2D eigenvalue weighted by molar-refractivity contribution is -0.142. The molecule has 0 heterocycles. The minimum atomic E-state index is -0.802. The monoisotopic (exact) mass is 260 g/mol. The summed E-state index contributed by atoms with van der Waals surface area (Å²) in [7, 11) is 1.26. The van der Waals surface area contributed by atoms with Crippen LogP contribution in [0.2, 0.25) is 0 Å². The smallest absolute Gasteiger partial charge is 0.343 e. The molecule has 1 rings (SSSR count). The summed E-state index contributed by atoms with van der Waals surface area (Å²) in [6.07, 6.45) is 1.34. The van der Waals surface area contributed by atoms with Crippen LogP contribution in [-0.4, -0.2) is 25.6 Å². The number of nitrogens with zero attached hydrogens (tertiary/aromatic N) is 1. The second kappa shape index (κ2) is 6.81. The number of benzene rings is 1. The van der Waals surface area contributed by atoms with Crippen molar-refractivity contribution in [1.29, 1.82) is 5.26 Å². The molecule has 0 aromatic heterocycles. The standard InChI is InChI=1S/C13H12N2O4/c1-18-12(16)8-19-11-4-2-3-9(6-11)5-10(7-14)13(15)17/h2-6H,8H2,1H3,(H2,15,17)/b10-5+. The van der Waals surface area contributed by atoms with Gasteiger partial charge in [0, 0.05) is 0 Å². The molecule has 1 aromatic rings. The van der Waals surface area contributed by atoms with Crippen LogP contribution in [0.4, 0.5) is 0 Å². The summed E-state index contributed by atoms with van der Waals surface area (Å²) in [4.78, 5) is 21.8. The number of hydrogen-bond donors (Lipinski definition) is 1. The second-order valence-corrected chi connectivity index (χ2v) is 3.47. The highest BCUT2D eigenvalue weighted by Crippen LogP contribution is 2.15. The van der Waals surface area contributed by atoms with Gasteiger partial charge in [0.15, 0.2) is 6.61 Å². The van der Waals surface area contributed by atoms with Gasteiger partial charge >= 0.3 is 5.97 Å². The van der Waals surface area contributed by atoms with E-state index in [4.69, 9.17) is 15.7 Å². The predicted molar refractivity (Wildman–Crippen MR) is 66.7 cm³/mol. The first-order valence-corrected chi connectivity index (χ1v) is 5.28. The zero-order chi connectivity index (χ0) is 14.3. The van der Waals surface area contributed by atoms with Crippen molar-refractivity contribution in [3.05, 3.63) is 35.4 Å². The van der Waals surface area contributed by atoms with E-state index < -0.39 is 11.9 Å². The number of carbonyl (C=O) groups is 2. The molecular formula is C13H12N2O4. The maximum atomic E-state index is 10.9. The van der Waals surface area contributed by atoms with E-state index in [2.05, 4.69) is 4.74 Å². The molecule has 0 atom stereocenters. The SMILES string of the molecule is COC(=O)COc1cccc(/C=C(\C#N)C(N)=O)c1. The number of primary amides is 1. The van der Waals surface area contributed by atoms with E-state index >= 15 is 0 Å². The molecule has 0 saturated heterocycles. The Balaban J connectivity index is 2.86. The number of esters is 1. The van der Waals surface area contributed by atoms with E-state index in [1.807, 2.05) is 0 Å². The zero-order valence-corrected chi connectivity index (χ0v) is 10.3. The number of ether oxygens (including phenoxy) is 2. The van der Waals surface area contributed by atoms with Gasteiger partial charge in [0.1, 0.15) is 17.4 Å². The van der Waals surface area contributed by atoms with E-state index in [-0.39, 0.29) is 12.2 Å². The Bertz CT molecular complexity index is 558. The van der Waals surface area contributed by atoms with Crippen molar-refractivity contribution >= 4 is 18.0 Å². The third-order valence-corrected chi connectivity index (χ3v) is 2.14. The molecule has 0 saturated carbocycles. The molecule has 98 valence electrons. The van der Waals surface area contributed by atoms with Crippen molar-refractivity contribution in [2.45, 2.75) is 0 Å². The summed E-state index contributed by atoms with van der Waals surface area (Å²) < 4.78 is 9.61. The van der Waals surface area contributed by atoms with Gasteiger partial charge in [-0.25, -0.2) is 4.79 Å². The van der Waals surface area contributed by atoms with E-state index in [9.17, 15) is 9.59 Å². The van der Waals surface area contributed by atoms with E-state index in [0.717, 1.165) is 0 Å². The Hall–Kier alpha value is -2.81. The van der Waals surface area contributed by atoms with Crippen LogP contribution in [0.5, 0.6) is 5.75 Å². The van der Waals surface area contributed by atoms with Crippen LogP contribution in [0.1, 0.15) is 5.56 Å². The highest BCUT2D eigenvalue weighted by molar-refractivity contribution is 6.00. The van der Waals surface area contributed by atoms with Crippen molar-refractivity contribution < 1.29 is 19.1 Å². The molecule has 0 aliphatic heterocycles. The number of rotatable bonds is 5. The van der Waals surface area contributed by atoms with Crippen LogP contribution >= 0.6 is 0 Å². The minimum Gasteiger partial charge on any atom is -0.482 e. The normalized spacial score (nSPS) is 10.4. The van der Waals surface area contributed by atoms with Gasteiger partial charge in [0.25, 0.3) is 5.91 Å². The van der Waals surface area contributed by atoms with Crippen LogP contribution in [0.3, 0.4) is 0 Å². The summed E-state index contributed by atoms with van der Waals surface area (Å²) in [6, 6.07) is 8.24. The van der Waals surface area contributed by atoms with Crippen molar-refractivity contribution in [3.63, 3.8) is 0 Å². The topological polar surface area (TPSA) is 102 Å². The fourth-order valence-electron chi connectivity index (χ4n) is 1.22. The van der Waals surface area contributed by atoms with Gasteiger partial charge in [-0.05, 0) is 23.8 Å². The van der Waals surface area contributed by atoms with Gasteiger partial charge in [0.2, 0.25) is 0 Å². The molecule has 0 aliphatic rings. The molecule has 1 aromatic carbocycles. The summed E-state index contributed by atoms with van der Waals surface area (Å²) in [6.45, 7) is -0.218. The Morgan fingerprint density at radius 3 is 2.79 bits per heavy atom. The molecule has 0 unspecified atom stereocenters. The molecule has 0 radical (unpaired) electrons. The Morgan fingerprint density at radius 2 is 2.21 bits per heavy atom. The molecule has 0 aliphatic carbocycles. The quantitative estimate of drug-likeness (QED) is 0.475. The molecule has 0 fully saturated rings. The first-order chi connectivity index (χ1) is 9.06. The zero-order valence-electron chi connectivity index (χ0n) is 10.3. The molecule has 0 spiro atoms. The third kappa shape index (κ3) is 4.52. The largest absolute Gasteiger partial charge is 0.482 e. The number of carbonyl (C=O) groups excluding carboxylic acids is 2. The summed E-state index contributed by atoms with van der Waals surface area (Å²) in [5.74, 6) is -0.889. The number of amides is 1. The summed E-state index contributed by atoms with van der Waals surface area (Å²) in [5.41, 5.74) is 5.43. The van der Waals surface area contributed by atoms with Crippen LogP contribution in [-0.2, 0) is 14.3 Å². The molecule has 0 bridgehead atoms. The lowest BCUT2D eigenvalue weighted by Gasteiger charge is -2.05. The van der Waals surface area contributed by atoms with Crippen molar-refractivity contribution in [2.24, 2.45) is 5.73 Å². The maximum Gasteiger partial charge on any atom is 0.343 e. The number of hydrogen-bond acceptors (Lipinski definition) is 5. The molecule has 6 heteroatoms. The van der Waals surface area contributed by atoms with Crippen molar-refractivity contribution in [1.82, 2.24) is 0 Å². The van der Waals surface area contributed by atoms with Crippen molar-refractivity contribution in [3.8, 4) is 11.8 Å². The van der Waals surface area contributed by atoms with Crippen molar-refractivity contribution in [2.75, 3.05) is 13.7 Å². The highest BCUT2D eigenvalue weighted by atomic mass is 16.6. The van der Waals surface area contributed by atoms with Gasteiger partial charge in [-0.15, -0.1) is 0 Å². The molecule has 2 N–H and O–H groups in total. The average Bonchev–Trinajstić information content (AvgIpc) is 2.42. The number of methoxy groups -OCH3 is 1. The van der Waals surface area contributed by atoms with E-state index in [1.54, 1.807) is 30.3 Å². The van der Waals surface area contributed by atoms with Gasteiger partial charge in [-0.2, -0.15) is 5.26 Å². The van der Waals surface area contributed by atoms with Gasteiger partial charge in [-0.3, -0.25) is 4.79 Å². The first kappa shape index (κ1) is 14.3. The lowest BCUT2D eigenvalue weighted by atomic mass is 10.1. The fourth-order valence-corrected chi connectivity index (χ4v) is 1.22. The van der Waals surface area contributed by atoms with Crippen LogP contribution in [0, 0.1) is 11.3 Å². The number of nitriles is 1. The lowest BCUT2D eigenvalue weighted by Crippen LogP contribution is -2.13. The summed E-state index contributed by atoms with van der Waals surface area (Å²) >= 11 is 0. The Labute approximate surface area is 110 Å². The van der Waals surface area contributed by atoms with E-state index in [1.165, 1.54) is 13.2 Å². The molecule has 1 amide bonds. The molecular weight excluding hydrogens is 248 g/mol.